The van der Waals surface area contributed by atoms with Crippen LogP contribution < -0.4 is 0 Å². The first-order chi connectivity index (χ1) is 27.7. The molecule has 5 nitrogen and oxygen atoms in total. The third-order valence-corrected chi connectivity index (χ3v) is 11.1. The highest BCUT2D eigenvalue weighted by Gasteiger charge is 2.20. The van der Waals surface area contributed by atoms with Gasteiger partial charge in [0.1, 0.15) is 22.3 Å². The lowest BCUT2D eigenvalue weighted by Gasteiger charge is -2.14. The molecule has 0 aliphatic rings. The summed E-state index contributed by atoms with van der Waals surface area (Å²) in [4.78, 5) is 15.6. The van der Waals surface area contributed by atoms with Crippen molar-refractivity contribution in [3.05, 3.63) is 176 Å². The monoisotopic (exact) mass is 715 g/mol. The predicted molar refractivity (Wildman–Crippen MR) is 229 cm³/mol. The second kappa shape index (κ2) is 11.9. The Morgan fingerprint density at radius 2 is 0.857 bits per heavy atom. The van der Waals surface area contributed by atoms with Crippen LogP contribution in [0.5, 0.6) is 0 Å². The fourth-order valence-corrected chi connectivity index (χ4v) is 8.41. The highest BCUT2D eigenvalue weighted by Crippen LogP contribution is 2.42. The van der Waals surface area contributed by atoms with E-state index in [1.165, 1.54) is 10.8 Å². The molecule has 0 unspecified atom stereocenters. The van der Waals surface area contributed by atoms with Gasteiger partial charge in [-0.15, -0.1) is 0 Å². The van der Waals surface area contributed by atoms with Crippen molar-refractivity contribution in [2.24, 2.45) is 0 Å². The minimum Gasteiger partial charge on any atom is -0.456 e. The molecule has 0 saturated heterocycles. The third-order valence-electron chi connectivity index (χ3n) is 11.1. The first-order valence-corrected chi connectivity index (χ1v) is 18.8. The van der Waals surface area contributed by atoms with Crippen LogP contribution in [0.25, 0.3) is 121 Å². The normalized spacial score (nSPS) is 11.9. The van der Waals surface area contributed by atoms with Crippen molar-refractivity contribution in [2.75, 3.05) is 0 Å². The van der Waals surface area contributed by atoms with Gasteiger partial charge in [-0.25, -0.2) is 15.0 Å². The zero-order valence-corrected chi connectivity index (χ0v) is 29.9. The van der Waals surface area contributed by atoms with E-state index in [2.05, 4.69) is 146 Å². The van der Waals surface area contributed by atoms with E-state index in [-0.39, 0.29) is 0 Å². The second-order valence-electron chi connectivity index (χ2n) is 14.4. The maximum absolute atomic E-state index is 6.48. The molecular weight excluding hydrogens is 687 g/mol. The van der Waals surface area contributed by atoms with Crippen molar-refractivity contribution in [3.63, 3.8) is 0 Å². The number of hydrogen-bond donors (Lipinski definition) is 0. The molecular formula is C51H29N3O2. The van der Waals surface area contributed by atoms with Crippen LogP contribution in [-0.4, -0.2) is 15.0 Å². The van der Waals surface area contributed by atoms with Crippen LogP contribution in [0.2, 0.25) is 0 Å². The number of aromatic nitrogens is 3. The van der Waals surface area contributed by atoms with E-state index in [0.717, 1.165) is 93.2 Å². The van der Waals surface area contributed by atoms with Crippen molar-refractivity contribution in [1.29, 1.82) is 0 Å². The summed E-state index contributed by atoms with van der Waals surface area (Å²) in [5.74, 6) is 1.82. The number of rotatable bonds is 4. The molecule has 0 spiro atoms. The highest BCUT2D eigenvalue weighted by molar-refractivity contribution is 6.18. The fourth-order valence-electron chi connectivity index (χ4n) is 8.41. The van der Waals surface area contributed by atoms with Gasteiger partial charge in [0.05, 0.1) is 0 Å². The molecule has 9 aromatic carbocycles. The van der Waals surface area contributed by atoms with Crippen molar-refractivity contribution in [3.8, 4) is 45.3 Å². The van der Waals surface area contributed by atoms with Crippen molar-refractivity contribution >= 4 is 76.2 Å². The smallest absolute Gasteiger partial charge is 0.164 e. The molecule has 0 amide bonds. The largest absolute Gasteiger partial charge is 0.456 e. The molecule has 0 aliphatic heterocycles. The van der Waals surface area contributed by atoms with E-state index >= 15 is 0 Å². The van der Waals surface area contributed by atoms with E-state index in [1.54, 1.807) is 0 Å². The minimum absolute atomic E-state index is 0.598. The van der Waals surface area contributed by atoms with Gasteiger partial charge >= 0.3 is 0 Å². The van der Waals surface area contributed by atoms with E-state index in [9.17, 15) is 0 Å². The first kappa shape index (κ1) is 30.8. The molecule has 56 heavy (non-hydrogen) atoms. The standard InChI is InChI=1S/C51H29N3O2/c1-2-11-31-26-34(21-20-30(31)10-1)49-52-50(35-22-25-45-42(28-35)39-16-7-8-18-44(39)55-45)54-51(53-49)41-24-23-38(36-14-5-6-15-37(36)41)40-17-9-19-46-48(40)43-27-32-12-3-4-13-33(32)29-47(43)56-46/h1-29H. The van der Waals surface area contributed by atoms with Gasteiger partial charge in [0.2, 0.25) is 0 Å². The van der Waals surface area contributed by atoms with Crippen molar-refractivity contribution in [1.82, 2.24) is 15.0 Å². The molecule has 12 rings (SSSR count). The number of furan rings is 2. The van der Waals surface area contributed by atoms with E-state index in [4.69, 9.17) is 23.8 Å². The van der Waals surface area contributed by atoms with E-state index < -0.39 is 0 Å². The van der Waals surface area contributed by atoms with E-state index in [1.807, 2.05) is 30.3 Å². The fraction of sp³-hybridized carbons (Fsp3) is 0. The molecule has 260 valence electrons. The van der Waals surface area contributed by atoms with Gasteiger partial charge < -0.3 is 8.83 Å². The molecule has 0 N–H and O–H groups in total. The Balaban J connectivity index is 1.08. The first-order valence-electron chi connectivity index (χ1n) is 18.8. The number of para-hydroxylation sites is 1. The maximum atomic E-state index is 6.48. The molecule has 0 saturated carbocycles. The Labute approximate surface area is 320 Å². The van der Waals surface area contributed by atoms with Gasteiger partial charge in [0, 0.05) is 38.2 Å². The van der Waals surface area contributed by atoms with Crippen molar-refractivity contribution in [2.45, 2.75) is 0 Å². The molecule has 5 heteroatoms. The number of nitrogens with zero attached hydrogens (tertiary/aromatic N) is 3. The summed E-state index contributed by atoms with van der Waals surface area (Å²) < 4.78 is 12.6. The van der Waals surface area contributed by atoms with Crippen LogP contribution in [0, 0.1) is 0 Å². The summed E-state index contributed by atoms with van der Waals surface area (Å²) in [6.07, 6.45) is 0. The maximum Gasteiger partial charge on any atom is 0.164 e. The zero-order valence-electron chi connectivity index (χ0n) is 29.9. The summed E-state index contributed by atoms with van der Waals surface area (Å²) in [6, 6.07) is 61.1. The molecule has 0 fully saturated rings. The van der Waals surface area contributed by atoms with Gasteiger partial charge in [-0.3, -0.25) is 0 Å². The lowest BCUT2D eigenvalue weighted by Crippen LogP contribution is -2.01. The molecule has 3 aromatic heterocycles. The van der Waals surface area contributed by atoms with Crippen molar-refractivity contribution < 1.29 is 8.83 Å². The van der Waals surface area contributed by atoms with Crippen LogP contribution in [0.3, 0.4) is 0 Å². The lowest BCUT2D eigenvalue weighted by molar-refractivity contribution is 0.669. The molecule has 3 heterocycles. The van der Waals surface area contributed by atoms with Crippen LogP contribution in [0.15, 0.2) is 185 Å². The summed E-state index contributed by atoms with van der Waals surface area (Å²) in [6.45, 7) is 0. The van der Waals surface area contributed by atoms with Gasteiger partial charge in [0.25, 0.3) is 0 Å². The Morgan fingerprint density at radius 3 is 1.68 bits per heavy atom. The average molecular weight is 716 g/mol. The molecule has 0 bridgehead atoms. The SMILES string of the molecule is c1ccc2cc(-c3nc(-c4ccc5oc6ccccc6c5c4)nc(-c4ccc(-c5cccc6oc7cc8ccccc8cc7c56)c5ccccc45)n3)ccc2c1. The van der Waals surface area contributed by atoms with Gasteiger partial charge in [0.15, 0.2) is 17.5 Å². The number of hydrogen-bond acceptors (Lipinski definition) is 5. The molecule has 0 radical (unpaired) electrons. The topological polar surface area (TPSA) is 65.0 Å². The van der Waals surface area contributed by atoms with E-state index in [0.29, 0.717) is 17.5 Å². The summed E-state index contributed by atoms with van der Waals surface area (Å²) in [5.41, 5.74) is 8.41. The molecule has 0 atom stereocenters. The summed E-state index contributed by atoms with van der Waals surface area (Å²) >= 11 is 0. The number of fused-ring (bicyclic) bond motifs is 9. The van der Waals surface area contributed by atoms with Gasteiger partial charge in [-0.05, 0) is 98.0 Å². The van der Waals surface area contributed by atoms with Gasteiger partial charge in [-0.1, -0.05) is 121 Å². The summed E-state index contributed by atoms with van der Waals surface area (Å²) in [7, 11) is 0. The zero-order chi connectivity index (χ0) is 36.7. The summed E-state index contributed by atoms with van der Waals surface area (Å²) in [5, 5.41) is 11.1. The number of benzene rings is 9. The van der Waals surface area contributed by atoms with Crippen LogP contribution in [-0.2, 0) is 0 Å². The quantitative estimate of drug-likeness (QED) is 0.181. The lowest BCUT2D eigenvalue weighted by atomic mass is 9.92. The Morgan fingerprint density at radius 1 is 0.286 bits per heavy atom. The van der Waals surface area contributed by atoms with Crippen LogP contribution >= 0.6 is 0 Å². The Bertz CT molecular complexity index is 3560. The molecule has 12 aromatic rings. The highest BCUT2D eigenvalue weighted by atomic mass is 16.3. The predicted octanol–water partition coefficient (Wildman–Crippen LogP) is 13.8. The second-order valence-corrected chi connectivity index (χ2v) is 14.4. The Kier molecular flexibility index (Phi) is 6.56. The molecule has 0 aliphatic carbocycles. The average Bonchev–Trinajstić information content (AvgIpc) is 3.82. The third kappa shape index (κ3) is 4.78. The van der Waals surface area contributed by atoms with Crippen LogP contribution in [0.1, 0.15) is 0 Å². The minimum atomic E-state index is 0.598. The van der Waals surface area contributed by atoms with Crippen LogP contribution in [0.4, 0.5) is 0 Å². The van der Waals surface area contributed by atoms with Gasteiger partial charge in [-0.2, -0.15) is 0 Å². The Hall–Kier alpha value is -7.63.